The zero-order valence-electron chi connectivity index (χ0n) is 8.45. The Morgan fingerprint density at radius 2 is 2.53 bits per heavy atom. The molecule has 1 atom stereocenters. The maximum absolute atomic E-state index is 11.5. The molecule has 2 rings (SSSR count). The SMILES string of the molecule is CCOC(=O)C1NCCc2cn[nH]c21.Cl. The molecule has 5 nitrogen and oxygen atoms in total. The summed E-state index contributed by atoms with van der Waals surface area (Å²) in [5, 5.41) is 9.86. The molecule has 0 spiro atoms. The summed E-state index contributed by atoms with van der Waals surface area (Å²) in [6.45, 7) is 2.99. The zero-order chi connectivity index (χ0) is 9.97. The van der Waals surface area contributed by atoms with Gasteiger partial charge in [-0.05, 0) is 18.9 Å². The fourth-order valence-corrected chi connectivity index (χ4v) is 1.65. The van der Waals surface area contributed by atoms with E-state index in [1.807, 2.05) is 0 Å². The number of hydrogen-bond donors (Lipinski definition) is 2. The van der Waals surface area contributed by atoms with Crippen LogP contribution in [0.1, 0.15) is 24.2 Å². The van der Waals surface area contributed by atoms with Crippen molar-refractivity contribution in [3.8, 4) is 0 Å². The number of esters is 1. The molecule has 6 heteroatoms. The zero-order valence-corrected chi connectivity index (χ0v) is 9.26. The number of ether oxygens (including phenoxy) is 1. The lowest BCUT2D eigenvalue weighted by molar-refractivity contribution is -0.146. The summed E-state index contributed by atoms with van der Waals surface area (Å²) in [6.07, 6.45) is 2.67. The molecule has 0 amide bonds. The molecule has 15 heavy (non-hydrogen) atoms. The van der Waals surface area contributed by atoms with E-state index in [0.717, 1.165) is 24.2 Å². The van der Waals surface area contributed by atoms with Crippen molar-refractivity contribution in [2.24, 2.45) is 0 Å². The van der Waals surface area contributed by atoms with Gasteiger partial charge in [-0.25, -0.2) is 4.79 Å². The highest BCUT2D eigenvalue weighted by molar-refractivity contribution is 5.85. The number of aromatic amines is 1. The number of nitrogens with zero attached hydrogens (tertiary/aromatic N) is 1. The van der Waals surface area contributed by atoms with Gasteiger partial charge >= 0.3 is 5.97 Å². The molecule has 0 saturated heterocycles. The van der Waals surface area contributed by atoms with Crippen LogP contribution in [0.15, 0.2) is 6.20 Å². The van der Waals surface area contributed by atoms with Gasteiger partial charge in [0.05, 0.1) is 18.5 Å². The lowest BCUT2D eigenvalue weighted by Gasteiger charge is -2.21. The molecule has 2 heterocycles. The lowest BCUT2D eigenvalue weighted by atomic mass is 10.0. The Hall–Kier alpha value is -1.07. The Morgan fingerprint density at radius 3 is 3.27 bits per heavy atom. The summed E-state index contributed by atoms with van der Waals surface area (Å²) in [4.78, 5) is 11.5. The summed E-state index contributed by atoms with van der Waals surface area (Å²) < 4.78 is 4.96. The van der Waals surface area contributed by atoms with Gasteiger partial charge in [-0.1, -0.05) is 0 Å². The quantitative estimate of drug-likeness (QED) is 0.731. The number of nitrogens with one attached hydrogen (secondary N) is 2. The highest BCUT2D eigenvalue weighted by Crippen LogP contribution is 2.20. The minimum atomic E-state index is -0.374. The predicted molar refractivity (Wildman–Crippen MR) is 56.9 cm³/mol. The van der Waals surface area contributed by atoms with E-state index < -0.39 is 0 Å². The molecular formula is C9H14ClN3O2. The molecule has 1 unspecified atom stereocenters. The third-order valence-corrected chi connectivity index (χ3v) is 2.31. The molecule has 84 valence electrons. The smallest absolute Gasteiger partial charge is 0.329 e. The minimum Gasteiger partial charge on any atom is -0.465 e. The first kappa shape index (κ1) is 12.0. The molecule has 0 aromatic carbocycles. The van der Waals surface area contributed by atoms with Crippen molar-refractivity contribution in [2.75, 3.05) is 13.2 Å². The molecule has 1 aliphatic rings. The van der Waals surface area contributed by atoms with Crippen LogP contribution in [0.3, 0.4) is 0 Å². The summed E-state index contributed by atoms with van der Waals surface area (Å²) in [6, 6.07) is -0.374. The van der Waals surface area contributed by atoms with Crippen molar-refractivity contribution in [3.63, 3.8) is 0 Å². The molecule has 1 aliphatic heterocycles. The van der Waals surface area contributed by atoms with Gasteiger partial charge in [-0.2, -0.15) is 5.10 Å². The second kappa shape index (κ2) is 5.14. The summed E-state index contributed by atoms with van der Waals surface area (Å²) in [7, 11) is 0. The first-order chi connectivity index (χ1) is 6.83. The molecule has 1 aromatic heterocycles. The van der Waals surface area contributed by atoms with Gasteiger partial charge < -0.3 is 4.74 Å². The van der Waals surface area contributed by atoms with Crippen molar-refractivity contribution < 1.29 is 9.53 Å². The second-order valence-corrected chi connectivity index (χ2v) is 3.20. The second-order valence-electron chi connectivity index (χ2n) is 3.20. The molecule has 0 saturated carbocycles. The number of carbonyl (C=O) groups excluding carboxylic acids is 1. The molecule has 2 N–H and O–H groups in total. The van der Waals surface area contributed by atoms with Gasteiger partial charge in [0.25, 0.3) is 0 Å². The van der Waals surface area contributed by atoms with E-state index in [4.69, 9.17) is 4.74 Å². The number of halogens is 1. The predicted octanol–water partition coefficient (Wildman–Crippen LogP) is 0.581. The number of hydrogen-bond acceptors (Lipinski definition) is 4. The van der Waals surface area contributed by atoms with Crippen molar-refractivity contribution in [1.82, 2.24) is 15.5 Å². The average Bonchev–Trinajstić information content (AvgIpc) is 2.65. The van der Waals surface area contributed by atoms with Gasteiger partial charge in [0.1, 0.15) is 6.04 Å². The van der Waals surface area contributed by atoms with E-state index in [1.54, 1.807) is 13.1 Å². The van der Waals surface area contributed by atoms with Crippen LogP contribution in [0.5, 0.6) is 0 Å². The number of fused-ring (bicyclic) bond motifs is 1. The maximum Gasteiger partial charge on any atom is 0.329 e. The van der Waals surface area contributed by atoms with Crippen molar-refractivity contribution in [1.29, 1.82) is 0 Å². The van der Waals surface area contributed by atoms with E-state index in [2.05, 4.69) is 15.5 Å². The van der Waals surface area contributed by atoms with Crippen LogP contribution >= 0.6 is 12.4 Å². The standard InChI is InChI=1S/C9H13N3O2.ClH/c1-2-14-9(13)8-7-6(3-4-10-8)5-11-12-7;/h5,8,10H,2-4H2,1H3,(H,11,12);1H. The van der Waals surface area contributed by atoms with Gasteiger partial charge in [-0.15, -0.1) is 12.4 Å². The Labute approximate surface area is 94.0 Å². The van der Waals surface area contributed by atoms with Crippen molar-refractivity contribution in [2.45, 2.75) is 19.4 Å². The van der Waals surface area contributed by atoms with E-state index in [0.29, 0.717) is 6.61 Å². The highest BCUT2D eigenvalue weighted by Gasteiger charge is 2.28. The number of carbonyl (C=O) groups is 1. The lowest BCUT2D eigenvalue weighted by Crippen LogP contribution is -2.36. The fourth-order valence-electron chi connectivity index (χ4n) is 1.65. The molecule has 1 aromatic rings. The summed E-state index contributed by atoms with van der Waals surface area (Å²) in [5.74, 6) is -0.238. The van der Waals surface area contributed by atoms with Crippen LogP contribution in [0.4, 0.5) is 0 Å². The van der Waals surface area contributed by atoms with E-state index in [1.165, 1.54) is 0 Å². The van der Waals surface area contributed by atoms with E-state index in [-0.39, 0.29) is 24.4 Å². The first-order valence-corrected chi connectivity index (χ1v) is 4.75. The molecule has 0 fully saturated rings. The first-order valence-electron chi connectivity index (χ1n) is 4.75. The van der Waals surface area contributed by atoms with E-state index >= 15 is 0 Å². The van der Waals surface area contributed by atoms with Crippen LogP contribution < -0.4 is 5.32 Å². The van der Waals surface area contributed by atoms with Gasteiger partial charge in [0, 0.05) is 6.54 Å². The Kier molecular flexibility index (Phi) is 4.11. The molecule has 0 radical (unpaired) electrons. The number of aromatic nitrogens is 2. The van der Waals surface area contributed by atoms with Crippen LogP contribution in [0.25, 0.3) is 0 Å². The monoisotopic (exact) mass is 231 g/mol. The fraction of sp³-hybridized carbons (Fsp3) is 0.556. The molecular weight excluding hydrogens is 218 g/mol. The molecule has 0 bridgehead atoms. The topological polar surface area (TPSA) is 67.0 Å². The third-order valence-electron chi connectivity index (χ3n) is 2.31. The Morgan fingerprint density at radius 1 is 1.73 bits per heavy atom. The van der Waals surface area contributed by atoms with Gasteiger partial charge in [0.15, 0.2) is 0 Å². The van der Waals surface area contributed by atoms with Crippen molar-refractivity contribution in [3.05, 3.63) is 17.5 Å². The average molecular weight is 232 g/mol. The summed E-state index contributed by atoms with van der Waals surface area (Å²) in [5.41, 5.74) is 1.94. The third kappa shape index (κ3) is 2.30. The van der Waals surface area contributed by atoms with Crippen LogP contribution in [0, 0.1) is 0 Å². The van der Waals surface area contributed by atoms with E-state index in [9.17, 15) is 4.79 Å². The minimum absolute atomic E-state index is 0. The Bertz CT molecular complexity index is 340. The highest BCUT2D eigenvalue weighted by atomic mass is 35.5. The van der Waals surface area contributed by atoms with Gasteiger partial charge in [0.2, 0.25) is 0 Å². The Balaban J connectivity index is 0.00000112. The van der Waals surface area contributed by atoms with Crippen LogP contribution in [0.2, 0.25) is 0 Å². The molecule has 0 aliphatic carbocycles. The van der Waals surface area contributed by atoms with Crippen LogP contribution in [-0.2, 0) is 16.0 Å². The maximum atomic E-state index is 11.5. The largest absolute Gasteiger partial charge is 0.465 e. The van der Waals surface area contributed by atoms with Crippen LogP contribution in [-0.4, -0.2) is 29.3 Å². The number of rotatable bonds is 2. The normalized spacial score (nSPS) is 18.9. The van der Waals surface area contributed by atoms with Gasteiger partial charge in [-0.3, -0.25) is 10.4 Å². The number of H-pyrrole nitrogens is 1. The summed E-state index contributed by atoms with van der Waals surface area (Å²) >= 11 is 0. The van der Waals surface area contributed by atoms with Crippen molar-refractivity contribution >= 4 is 18.4 Å².